The highest BCUT2D eigenvalue weighted by Gasteiger charge is 2.21. The van der Waals surface area contributed by atoms with E-state index >= 15 is 0 Å². The van der Waals surface area contributed by atoms with Crippen molar-refractivity contribution < 1.29 is 4.79 Å². The van der Waals surface area contributed by atoms with E-state index in [0.29, 0.717) is 6.04 Å². The highest BCUT2D eigenvalue weighted by molar-refractivity contribution is 5.74. The lowest BCUT2D eigenvalue weighted by Crippen LogP contribution is -2.48. The Kier molecular flexibility index (Phi) is 6.34. The Bertz CT molecular complexity index is 225. The first-order valence-corrected chi connectivity index (χ1v) is 6.92. The van der Waals surface area contributed by atoms with Crippen LogP contribution in [0.1, 0.15) is 46.5 Å². The molecule has 0 aromatic rings. The molecule has 0 radical (unpaired) electrons. The molecule has 2 amide bonds. The fraction of sp³-hybridized carbons (Fsp3) is 0.923. The van der Waals surface area contributed by atoms with Gasteiger partial charge in [0.15, 0.2) is 0 Å². The Morgan fingerprint density at radius 2 is 2.29 bits per heavy atom. The van der Waals surface area contributed by atoms with Crippen LogP contribution in [-0.2, 0) is 0 Å². The van der Waals surface area contributed by atoms with Crippen molar-refractivity contribution in [2.75, 3.05) is 19.6 Å². The van der Waals surface area contributed by atoms with E-state index in [4.69, 9.17) is 0 Å². The van der Waals surface area contributed by atoms with Gasteiger partial charge in [0.2, 0.25) is 0 Å². The third-order valence-electron chi connectivity index (χ3n) is 3.08. The number of rotatable bonds is 6. The Balaban J connectivity index is 2.43. The number of urea groups is 1. The van der Waals surface area contributed by atoms with Gasteiger partial charge in [-0.1, -0.05) is 13.3 Å². The largest absolute Gasteiger partial charge is 0.336 e. The molecule has 17 heavy (non-hydrogen) atoms. The van der Waals surface area contributed by atoms with Gasteiger partial charge in [0, 0.05) is 25.2 Å². The number of carbonyl (C=O) groups excluding carboxylic acids is 1. The summed E-state index contributed by atoms with van der Waals surface area (Å²) in [6.45, 7) is 8.98. The lowest BCUT2D eigenvalue weighted by Gasteiger charge is -2.27. The van der Waals surface area contributed by atoms with Crippen LogP contribution >= 0.6 is 0 Å². The second-order valence-corrected chi connectivity index (χ2v) is 5.20. The van der Waals surface area contributed by atoms with E-state index in [1.165, 1.54) is 12.8 Å². The minimum Gasteiger partial charge on any atom is -0.336 e. The van der Waals surface area contributed by atoms with Crippen LogP contribution in [0, 0.1) is 0 Å². The molecule has 1 saturated heterocycles. The number of nitrogens with zero attached hydrogens (tertiary/aromatic N) is 1. The Labute approximate surface area is 105 Å². The van der Waals surface area contributed by atoms with Gasteiger partial charge in [0.1, 0.15) is 0 Å². The van der Waals surface area contributed by atoms with Gasteiger partial charge < -0.3 is 15.5 Å². The number of hydrogen-bond donors (Lipinski definition) is 2. The standard InChI is InChI=1S/C13H27N3O/c1-4-5-9-16(13(17)15-11(2)3)10-12-7-6-8-14-12/h11-12,14H,4-10H2,1-3H3,(H,15,17). The van der Waals surface area contributed by atoms with Gasteiger partial charge in [-0.15, -0.1) is 0 Å². The third-order valence-corrected chi connectivity index (χ3v) is 3.08. The molecule has 1 heterocycles. The first-order chi connectivity index (χ1) is 8.13. The van der Waals surface area contributed by atoms with Gasteiger partial charge in [-0.25, -0.2) is 4.79 Å². The molecule has 0 saturated carbocycles. The lowest BCUT2D eigenvalue weighted by atomic mass is 10.2. The summed E-state index contributed by atoms with van der Waals surface area (Å²) in [6, 6.07) is 0.787. The molecule has 100 valence electrons. The van der Waals surface area contributed by atoms with Crippen molar-refractivity contribution in [1.82, 2.24) is 15.5 Å². The van der Waals surface area contributed by atoms with E-state index in [2.05, 4.69) is 17.6 Å². The predicted octanol–water partition coefficient (Wildman–Crippen LogP) is 1.96. The van der Waals surface area contributed by atoms with Gasteiger partial charge in [0.05, 0.1) is 0 Å². The van der Waals surface area contributed by atoms with Gasteiger partial charge in [-0.05, 0) is 39.7 Å². The maximum atomic E-state index is 12.0. The number of hydrogen-bond acceptors (Lipinski definition) is 2. The molecule has 0 spiro atoms. The van der Waals surface area contributed by atoms with Crippen molar-refractivity contribution in [3.63, 3.8) is 0 Å². The summed E-state index contributed by atoms with van der Waals surface area (Å²) in [5.74, 6) is 0. The zero-order chi connectivity index (χ0) is 12.7. The molecule has 1 aliphatic rings. The summed E-state index contributed by atoms with van der Waals surface area (Å²) in [4.78, 5) is 14.0. The van der Waals surface area contributed by atoms with Gasteiger partial charge in [-0.3, -0.25) is 0 Å². The van der Waals surface area contributed by atoms with Crippen molar-refractivity contribution in [3.8, 4) is 0 Å². The van der Waals surface area contributed by atoms with Crippen LogP contribution in [0.25, 0.3) is 0 Å². The number of amides is 2. The average Bonchev–Trinajstić information content (AvgIpc) is 2.75. The maximum Gasteiger partial charge on any atom is 0.317 e. The van der Waals surface area contributed by atoms with E-state index in [1.807, 2.05) is 18.7 Å². The molecule has 0 aliphatic carbocycles. The monoisotopic (exact) mass is 241 g/mol. The van der Waals surface area contributed by atoms with Crippen molar-refractivity contribution in [2.24, 2.45) is 0 Å². The summed E-state index contributed by atoms with van der Waals surface area (Å²) >= 11 is 0. The van der Waals surface area contributed by atoms with Crippen molar-refractivity contribution in [3.05, 3.63) is 0 Å². The zero-order valence-electron chi connectivity index (χ0n) is 11.5. The van der Waals surface area contributed by atoms with Crippen LogP contribution in [0.5, 0.6) is 0 Å². The van der Waals surface area contributed by atoms with Crippen LogP contribution in [0.3, 0.4) is 0 Å². The van der Waals surface area contributed by atoms with Crippen LogP contribution in [-0.4, -0.2) is 42.6 Å². The SMILES string of the molecule is CCCCN(CC1CCCN1)C(=O)NC(C)C. The summed E-state index contributed by atoms with van der Waals surface area (Å²) in [7, 11) is 0. The van der Waals surface area contributed by atoms with Crippen molar-refractivity contribution in [2.45, 2.75) is 58.5 Å². The van der Waals surface area contributed by atoms with E-state index in [1.54, 1.807) is 0 Å². The molecule has 2 N–H and O–H groups in total. The molecular weight excluding hydrogens is 214 g/mol. The van der Waals surface area contributed by atoms with Crippen LogP contribution in [0.15, 0.2) is 0 Å². The second-order valence-electron chi connectivity index (χ2n) is 5.20. The van der Waals surface area contributed by atoms with Gasteiger partial charge in [0.25, 0.3) is 0 Å². The smallest absolute Gasteiger partial charge is 0.317 e. The highest BCUT2D eigenvalue weighted by Crippen LogP contribution is 2.08. The van der Waals surface area contributed by atoms with Crippen LogP contribution in [0.4, 0.5) is 4.79 Å². The molecule has 4 nitrogen and oxygen atoms in total. The Morgan fingerprint density at radius 1 is 1.53 bits per heavy atom. The van der Waals surface area contributed by atoms with Gasteiger partial charge in [-0.2, -0.15) is 0 Å². The fourth-order valence-electron chi connectivity index (χ4n) is 2.14. The zero-order valence-corrected chi connectivity index (χ0v) is 11.5. The first-order valence-electron chi connectivity index (χ1n) is 6.92. The molecule has 1 fully saturated rings. The Hall–Kier alpha value is -0.770. The van der Waals surface area contributed by atoms with Crippen LogP contribution < -0.4 is 10.6 Å². The Morgan fingerprint density at radius 3 is 2.82 bits per heavy atom. The maximum absolute atomic E-state index is 12.0. The molecule has 1 rings (SSSR count). The highest BCUT2D eigenvalue weighted by atomic mass is 16.2. The summed E-state index contributed by atoms with van der Waals surface area (Å²) in [5, 5.41) is 6.43. The van der Waals surface area contributed by atoms with E-state index < -0.39 is 0 Å². The van der Waals surface area contributed by atoms with E-state index in [9.17, 15) is 4.79 Å². The van der Waals surface area contributed by atoms with Crippen LogP contribution in [0.2, 0.25) is 0 Å². The third kappa shape index (κ3) is 5.39. The quantitative estimate of drug-likeness (QED) is 0.746. The van der Waals surface area contributed by atoms with Gasteiger partial charge >= 0.3 is 6.03 Å². The number of carbonyl (C=O) groups is 1. The van der Waals surface area contributed by atoms with E-state index in [0.717, 1.165) is 32.5 Å². The summed E-state index contributed by atoms with van der Waals surface area (Å²) < 4.78 is 0. The van der Waals surface area contributed by atoms with Crippen molar-refractivity contribution in [1.29, 1.82) is 0 Å². The molecule has 0 aromatic heterocycles. The second kappa shape index (κ2) is 7.54. The fourth-order valence-corrected chi connectivity index (χ4v) is 2.14. The number of unbranched alkanes of at least 4 members (excludes halogenated alkanes) is 1. The summed E-state index contributed by atoms with van der Waals surface area (Å²) in [5.41, 5.74) is 0. The number of nitrogens with one attached hydrogen (secondary N) is 2. The lowest BCUT2D eigenvalue weighted by molar-refractivity contribution is 0.189. The molecule has 0 aromatic carbocycles. The first kappa shape index (κ1) is 14.3. The topological polar surface area (TPSA) is 44.4 Å². The molecule has 0 bridgehead atoms. The normalized spacial score (nSPS) is 19.6. The molecule has 1 atom stereocenters. The van der Waals surface area contributed by atoms with E-state index in [-0.39, 0.29) is 12.1 Å². The molecule has 4 heteroatoms. The van der Waals surface area contributed by atoms with Crippen molar-refractivity contribution >= 4 is 6.03 Å². The molecular formula is C13H27N3O. The minimum absolute atomic E-state index is 0.0853. The molecule has 1 aliphatic heterocycles. The average molecular weight is 241 g/mol. The summed E-state index contributed by atoms with van der Waals surface area (Å²) in [6.07, 6.45) is 4.64. The molecule has 1 unspecified atom stereocenters. The predicted molar refractivity (Wildman–Crippen MR) is 71.2 cm³/mol. The minimum atomic E-state index is 0.0853.